The van der Waals surface area contributed by atoms with Crippen molar-refractivity contribution in [3.8, 4) is 0 Å². The standard InChI is InChI=1S/C30H35N3O4S/c1-3-20-9-14-25(15-10-20)38(36,37)32-29-26-18-24(13-11-21(26)12-16-28(29)34)31-30(35)27-17-22-7-5-6-8-23(22)19-33(27)4-2/h5-11,13-15,18,27-29,32,34H,3-4,12,16-17,19H2,1-2H3,(H,31,35). The first-order valence-electron chi connectivity index (χ1n) is 13.3. The van der Waals surface area contributed by atoms with Crippen LogP contribution in [0.25, 0.3) is 0 Å². The SMILES string of the molecule is CCc1ccc(S(=O)(=O)NC2c3cc(NC(=O)C4Cc5ccccc5CN4CC)ccc3CCC2O)cc1. The lowest BCUT2D eigenvalue weighted by atomic mass is 9.86. The molecule has 8 heteroatoms. The first kappa shape index (κ1) is 26.6. The average Bonchev–Trinajstić information content (AvgIpc) is 2.93. The van der Waals surface area contributed by atoms with Gasteiger partial charge in [0.15, 0.2) is 0 Å². The Labute approximate surface area is 224 Å². The van der Waals surface area contributed by atoms with Gasteiger partial charge in [-0.3, -0.25) is 9.69 Å². The number of anilines is 1. The molecule has 7 nitrogen and oxygen atoms in total. The third-order valence-corrected chi connectivity index (χ3v) is 9.28. The maximum Gasteiger partial charge on any atom is 0.242 e. The molecule has 2 aliphatic rings. The van der Waals surface area contributed by atoms with Gasteiger partial charge in [-0.05, 0) is 84.3 Å². The van der Waals surface area contributed by atoms with Crippen molar-refractivity contribution < 1.29 is 18.3 Å². The molecular weight excluding hydrogens is 498 g/mol. The smallest absolute Gasteiger partial charge is 0.242 e. The summed E-state index contributed by atoms with van der Waals surface area (Å²) < 4.78 is 29.1. The Hall–Kier alpha value is -3.04. The highest BCUT2D eigenvalue weighted by Crippen LogP contribution is 2.34. The van der Waals surface area contributed by atoms with Crippen molar-refractivity contribution in [2.75, 3.05) is 11.9 Å². The fourth-order valence-corrected chi connectivity index (χ4v) is 6.79. The van der Waals surface area contributed by atoms with E-state index in [4.69, 9.17) is 0 Å². The normalized spacial score (nSPS) is 21.4. The molecule has 3 N–H and O–H groups in total. The molecule has 3 aromatic rings. The zero-order valence-corrected chi connectivity index (χ0v) is 22.7. The highest BCUT2D eigenvalue weighted by molar-refractivity contribution is 7.89. The number of aliphatic hydroxyl groups is 1. The molecule has 38 heavy (non-hydrogen) atoms. The highest BCUT2D eigenvalue weighted by Gasteiger charge is 2.34. The van der Waals surface area contributed by atoms with Gasteiger partial charge < -0.3 is 10.4 Å². The summed E-state index contributed by atoms with van der Waals surface area (Å²) in [6.07, 6.45) is 1.67. The molecule has 3 atom stereocenters. The molecule has 200 valence electrons. The number of nitrogens with one attached hydrogen (secondary N) is 2. The second-order valence-electron chi connectivity index (χ2n) is 10.2. The number of likely N-dealkylation sites (N-methyl/N-ethyl adjacent to an activating group) is 1. The van der Waals surface area contributed by atoms with Gasteiger partial charge in [-0.2, -0.15) is 0 Å². The minimum Gasteiger partial charge on any atom is -0.391 e. The van der Waals surface area contributed by atoms with E-state index in [2.05, 4.69) is 34.0 Å². The Morgan fingerprint density at radius 1 is 1.00 bits per heavy atom. The van der Waals surface area contributed by atoms with Crippen molar-refractivity contribution in [2.24, 2.45) is 0 Å². The minimum atomic E-state index is -3.86. The quantitative estimate of drug-likeness (QED) is 0.427. The molecule has 0 bridgehead atoms. The molecule has 0 radical (unpaired) electrons. The Kier molecular flexibility index (Phi) is 7.68. The molecule has 0 spiro atoms. The van der Waals surface area contributed by atoms with Gasteiger partial charge in [0, 0.05) is 12.2 Å². The second kappa shape index (κ2) is 11.0. The summed E-state index contributed by atoms with van der Waals surface area (Å²) >= 11 is 0. The molecule has 3 unspecified atom stereocenters. The number of carbonyl (C=O) groups is 1. The van der Waals surface area contributed by atoms with Crippen molar-refractivity contribution in [1.82, 2.24) is 9.62 Å². The van der Waals surface area contributed by atoms with E-state index in [-0.39, 0.29) is 16.8 Å². The number of carbonyl (C=O) groups excluding carboxylic acids is 1. The number of aliphatic hydroxyl groups excluding tert-OH is 1. The van der Waals surface area contributed by atoms with Gasteiger partial charge in [-0.25, -0.2) is 13.1 Å². The Morgan fingerprint density at radius 2 is 1.74 bits per heavy atom. The summed E-state index contributed by atoms with van der Waals surface area (Å²) in [5.74, 6) is -0.0918. The largest absolute Gasteiger partial charge is 0.391 e. The number of aryl methyl sites for hydroxylation is 2. The third kappa shape index (κ3) is 5.40. The fourth-order valence-electron chi connectivity index (χ4n) is 5.54. The van der Waals surface area contributed by atoms with Gasteiger partial charge >= 0.3 is 0 Å². The van der Waals surface area contributed by atoms with Gasteiger partial charge in [0.05, 0.1) is 23.1 Å². The zero-order chi connectivity index (χ0) is 26.9. The minimum absolute atomic E-state index is 0.0918. The number of hydrogen-bond donors (Lipinski definition) is 3. The Bertz CT molecular complexity index is 1420. The third-order valence-electron chi connectivity index (χ3n) is 7.82. The van der Waals surface area contributed by atoms with Crippen LogP contribution < -0.4 is 10.0 Å². The molecular formula is C30H35N3O4S. The van der Waals surface area contributed by atoms with Crippen molar-refractivity contribution in [1.29, 1.82) is 0 Å². The summed E-state index contributed by atoms with van der Waals surface area (Å²) in [7, 11) is -3.86. The molecule has 1 amide bonds. The topological polar surface area (TPSA) is 98.7 Å². The number of hydrogen-bond acceptors (Lipinski definition) is 5. The molecule has 3 aromatic carbocycles. The molecule has 5 rings (SSSR count). The summed E-state index contributed by atoms with van der Waals surface area (Å²) in [4.78, 5) is 15.7. The lowest BCUT2D eigenvalue weighted by Gasteiger charge is -2.35. The van der Waals surface area contributed by atoms with E-state index in [1.54, 1.807) is 30.3 Å². The van der Waals surface area contributed by atoms with Crippen LogP contribution in [0.3, 0.4) is 0 Å². The average molecular weight is 534 g/mol. The van der Waals surface area contributed by atoms with Crippen LogP contribution in [0.4, 0.5) is 5.69 Å². The maximum absolute atomic E-state index is 13.4. The summed E-state index contributed by atoms with van der Waals surface area (Å²) in [6, 6.07) is 19.5. The van der Waals surface area contributed by atoms with Crippen LogP contribution in [-0.2, 0) is 40.6 Å². The van der Waals surface area contributed by atoms with Crippen LogP contribution >= 0.6 is 0 Å². The van der Waals surface area contributed by atoms with Crippen LogP contribution in [0.1, 0.15) is 54.1 Å². The van der Waals surface area contributed by atoms with E-state index in [9.17, 15) is 18.3 Å². The van der Waals surface area contributed by atoms with Crippen LogP contribution in [0, 0.1) is 0 Å². The first-order chi connectivity index (χ1) is 18.3. The van der Waals surface area contributed by atoms with Gasteiger partial charge in [0.25, 0.3) is 0 Å². The first-order valence-corrected chi connectivity index (χ1v) is 14.8. The van der Waals surface area contributed by atoms with E-state index in [1.807, 2.05) is 31.2 Å². The lowest BCUT2D eigenvalue weighted by molar-refractivity contribution is -0.121. The van der Waals surface area contributed by atoms with Crippen LogP contribution in [-0.4, -0.2) is 43.0 Å². The van der Waals surface area contributed by atoms with Crippen LogP contribution in [0.15, 0.2) is 71.6 Å². The van der Waals surface area contributed by atoms with Gasteiger partial charge in [-0.15, -0.1) is 0 Å². The number of amides is 1. The fraction of sp³-hybridized carbons (Fsp3) is 0.367. The number of fused-ring (bicyclic) bond motifs is 2. The zero-order valence-electron chi connectivity index (χ0n) is 21.9. The predicted molar refractivity (Wildman–Crippen MR) is 148 cm³/mol. The van der Waals surface area contributed by atoms with Crippen LogP contribution in [0.5, 0.6) is 0 Å². The predicted octanol–water partition coefficient (Wildman–Crippen LogP) is 3.96. The number of sulfonamides is 1. The van der Waals surface area contributed by atoms with E-state index in [0.717, 1.165) is 30.6 Å². The van der Waals surface area contributed by atoms with Crippen molar-refractivity contribution in [2.45, 2.75) is 69.2 Å². The van der Waals surface area contributed by atoms with Crippen molar-refractivity contribution in [3.63, 3.8) is 0 Å². The molecule has 0 saturated heterocycles. The highest BCUT2D eigenvalue weighted by atomic mass is 32.2. The summed E-state index contributed by atoms with van der Waals surface area (Å²) in [5, 5.41) is 13.9. The molecule has 1 heterocycles. The summed E-state index contributed by atoms with van der Waals surface area (Å²) in [6.45, 7) is 5.55. The van der Waals surface area contributed by atoms with E-state index in [1.165, 1.54) is 11.1 Å². The Balaban J connectivity index is 1.37. The van der Waals surface area contributed by atoms with Gasteiger partial charge in [-0.1, -0.05) is 56.3 Å². The summed E-state index contributed by atoms with van der Waals surface area (Å²) in [5.41, 5.74) is 5.73. The molecule has 1 aliphatic heterocycles. The number of rotatable bonds is 7. The van der Waals surface area contributed by atoms with E-state index < -0.39 is 22.2 Å². The monoisotopic (exact) mass is 533 g/mol. The van der Waals surface area contributed by atoms with Crippen LogP contribution in [0.2, 0.25) is 0 Å². The molecule has 0 fully saturated rings. The van der Waals surface area contributed by atoms with E-state index >= 15 is 0 Å². The maximum atomic E-state index is 13.4. The van der Waals surface area contributed by atoms with E-state index in [0.29, 0.717) is 30.5 Å². The molecule has 0 aromatic heterocycles. The van der Waals surface area contributed by atoms with Crippen molar-refractivity contribution >= 4 is 21.6 Å². The van der Waals surface area contributed by atoms with Gasteiger partial charge in [0.1, 0.15) is 0 Å². The second-order valence-corrected chi connectivity index (χ2v) is 11.9. The van der Waals surface area contributed by atoms with Crippen molar-refractivity contribution in [3.05, 3.63) is 94.5 Å². The number of benzene rings is 3. The van der Waals surface area contributed by atoms with Gasteiger partial charge in [0.2, 0.25) is 15.9 Å². The number of nitrogens with zero attached hydrogens (tertiary/aromatic N) is 1. The molecule has 1 aliphatic carbocycles. The Morgan fingerprint density at radius 3 is 2.45 bits per heavy atom. The lowest BCUT2D eigenvalue weighted by Crippen LogP contribution is -2.47. The molecule has 0 saturated carbocycles.